The average Bonchev–Trinajstić information content (AvgIpc) is 3.27. The van der Waals surface area contributed by atoms with Gasteiger partial charge < -0.3 is 11.1 Å². The molecule has 9 heteroatoms. The molecule has 0 aliphatic heterocycles. The number of rotatable bonds is 4. The largest absolute Gasteiger partial charge is 0.369 e. The molecule has 130 valence electrons. The lowest BCUT2D eigenvalue weighted by molar-refractivity contribution is -0.384. The molecule has 1 aromatic heterocycles. The fraction of sp³-hybridized carbons (Fsp3) is 0.438. The minimum absolute atomic E-state index is 0.0877. The number of hydrogen-bond donors (Lipinski definition) is 3. The lowest BCUT2D eigenvalue weighted by Crippen LogP contribution is -2.48. The number of benzene rings is 1. The number of nitro groups is 1. The van der Waals surface area contributed by atoms with E-state index in [0.717, 1.165) is 19.3 Å². The number of carbonyl (C=O) groups excluding carboxylic acids is 2. The zero-order chi connectivity index (χ0) is 17.7. The molecule has 25 heavy (non-hydrogen) atoms. The highest BCUT2D eigenvalue weighted by molar-refractivity contribution is 6.05. The van der Waals surface area contributed by atoms with Gasteiger partial charge in [-0.25, -0.2) is 0 Å². The molecule has 2 fully saturated rings. The number of H-pyrrole nitrogens is 1. The standard InChI is InChI=1S/C16H17N5O4/c17-15(22)12-7-1-2-8(5-7)13(12)18-16(23)14-10-6-9(21(24)25)3-4-11(10)19-20-14/h3-4,6-8,12-13H,1-2,5H2,(H2,17,22)(H,18,23)(H,19,20)/t7-,8-,12+,13-/m0/s1. The van der Waals surface area contributed by atoms with E-state index in [1.165, 1.54) is 18.2 Å². The van der Waals surface area contributed by atoms with E-state index in [9.17, 15) is 19.7 Å². The van der Waals surface area contributed by atoms with Crippen molar-refractivity contribution in [3.8, 4) is 0 Å². The van der Waals surface area contributed by atoms with Gasteiger partial charge in [0.15, 0.2) is 5.69 Å². The minimum atomic E-state index is -0.521. The number of nitro benzene ring substituents is 1. The van der Waals surface area contributed by atoms with Gasteiger partial charge in [-0.15, -0.1) is 0 Å². The van der Waals surface area contributed by atoms with Crippen molar-refractivity contribution in [1.82, 2.24) is 15.5 Å². The Morgan fingerprint density at radius 3 is 2.80 bits per heavy atom. The Morgan fingerprint density at radius 2 is 2.08 bits per heavy atom. The third kappa shape index (κ3) is 2.43. The third-order valence-corrected chi connectivity index (χ3v) is 5.51. The highest BCUT2D eigenvalue weighted by Gasteiger charge is 2.50. The first kappa shape index (κ1) is 15.6. The number of nitrogens with zero attached hydrogens (tertiary/aromatic N) is 2. The van der Waals surface area contributed by atoms with E-state index >= 15 is 0 Å². The van der Waals surface area contributed by atoms with Gasteiger partial charge in [0.1, 0.15) is 0 Å². The van der Waals surface area contributed by atoms with Crippen LogP contribution in [0.25, 0.3) is 10.9 Å². The monoisotopic (exact) mass is 343 g/mol. The number of primary amides is 1. The highest BCUT2D eigenvalue weighted by Crippen LogP contribution is 2.48. The van der Waals surface area contributed by atoms with Crippen LogP contribution in [0, 0.1) is 27.9 Å². The molecule has 2 aliphatic carbocycles. The fourth-order valence-corrected chi connectivity index (χ4v) is 4.42. The van der Waals surface area contributed by atoms with E-state index in [4.69, 9.17) is 5.73 Å². The van der Waals surface area contributed by atoms with Crippen molar-refractivity contribution < 1.29 is 14.5 Å². The number of nitrogens with one attached hydrogen (secondary N) is 2. The Bertz CT molecular complexity index is 892. The fourth-order valence-electron chi connectivity index (χ4n) is 4.42. The molecule has 0 radical (unpaired) electrons. The summed E-state index contributed by atoms with van der Waals surface area (Å²) < 4.78 is 0. The lowest BCUT2D eigenvalue weighted by atomic mass is 9.84. The summed E-state index contributed by atoms with van der Waals surface area (Å²) in [5, 5.41) is 20.9. The second-order valence-electron chi connectivity index (χ2n) is 6.82. The molecule has 4 rings (SSSR count). The van der Waals surface area contributed by atoms with Crippen LogP contribution in [0.3, 0.4) is 0 Å². The highest BCUT2D eigenvalue weighted by atomic mass is 16.6. The second kappa shape index (κ2) is 5.54. The van der Waals surface area contributed by atoms with Crippen LogP contribution in [0.4, 0.5) is 5.69 Å². The summed E-state index contributed by atoms with van der Waals surface area (Å²) in [5.74, 6) is -0.728. The molecule has 4 atom stereocenters. The number of non-ortho nitro benzene ring substituents is 1. The normalized spacial score (nSPS) is 27.5. The summed E-state index contributed by atoms with van der Waals surface area (Å²) in [6.07, 6.45) is 2.82. The van der Waals surface area contributed by atoms with Crippen LogP contribution in [0.15, 0.2) is 18.2 Å². The Balaban J connectivity index is 1.63. The number of amides is 2. The predicted molar refractivity (Wildman–Crippen MR) is 87.5 cm³/mol. The SMILES string of the molecule is NC(=O)[C@@H]1[C@H]2CC[C@@H](C2)[C@@H]1NC(=O)c1n[nH]c2ccc([N+](=O)[O-])cc12. The average molecular weight is 343 g/mol. The molecule has 1 aromatic carbocycles. The number of hydrogen-bond acceptors (Lipinski definition) is 5. The molecule has 1 heterocycles. The van der Waals surface area contributed by atoms with Gasteiger partial charge in [-0.1, -0.05) is 0 Å². The maximum absolute atomic E-state index is 12.7. The number of aromatic amines is 1. The molecule has 2 aromatic rings. The summed E-state index contributed by atoms with van der Waals surface area (Å²) >= 11 is 0. The molecule has 2 saturated carbocycles. The molecule has 9 nitrogen and oxygen atoms in total. The van der Waals surface area contributed by atoms with Crippen LogP contribution in [0.1, 0.15) is 29.8 Å². The van der Waals surface area contributed by atoms with Crippen LogP contribution < -0.4 is 11.1 Å². The minimum Gasteiger partial charge on any atom is -0.369 e. The number of fused-ring (bicyclic) bond motifs is 3. The first-order valence-electron chi connectivity index (χ1n) is 8.18. The summed E-state index contributed by atoms with van der Waals surface area (Å²) in [6, 6.07) is 3.89. The van der Waals surface area contributed by atoms with E-state index in [0.29, 0.717) is 10.9 Å². The molecule has 0 spiro atoms. The quantitative estimate of drug-likeness (QED) is 0.562. The maximum Gasteiger partial charge on any atom is 0.272 e. The molecule has 2 aliphatic rings. The van der Waals surface area contributed by atoms with E-state index in [-0.39, 0.29) is 41.1 Å². The number of carbonyl (C=O) groups is 2. The number of nitrogens with two attached hydrogens (primary N) is 1. The van der Waals surface area contributed by atoms with Gasteiger partial charge in [0.25, 0.3) is 11.6 Å². The van der Waals surface area contributed by atoms with Crippen LogP contribution >= 0.6 is 0 Å². The van der Waals surface area contributed by atoms with Crippen molar-refractivity contribution in [2.75, 3.05) is 0 Å². The summed E-state index contributed by atoms with van der Waals surface area (Å²) in [4.78, 5) is 34.9. The van der Waals surface area contributed by atoms with E-state index < -0.39 is 10.8 Å². The molecule has 0 unspecified atom stereocenters. The zero-order valence-electron chi connectivity index (χ0n) is 13.3. The maximum atomic E-state index is 12.7. The molecule has 4 N–H and O–H groups in total. The third-order valence-electron chi connectivity index (χ3n) is 5.51. The van der Waals surface area contributed by atoms with Gasteiger partial charge in [0, 0.05) is 23.6 Å². The molecule has 2 bridgehead atoms. The van der Waals surface area contributed by atoms with Crippen molar-refractivity contribution >= 4 is 28.4 Å². The first-order valence-corrected chi connectivity index (χ1v) is 8.18. The van der Waals surface area contributed by atoms with E-state index in [2.05, 4.69) is 15.5 Å². The molecular weight excluding hydrogens is 326 g/mol. The Hall–Kier alpha value is -2.97. The number of aromatic nitrogens is 2. The topological polar surface area (TPSA) is 144 Å². The van der Waals surface area contributed by atoms with Crippen molar-refractivity contribution in [3.63, 3.8) is 0 Å². The van der Waals surface area contributed by atoms with Crippen LogP contribution in [-0.4, -0.2) is 33.0 Å². The molecule has 2 amide bonds. The van der Waals surface area contributed by atoms with Crippen molar-refractivity contribution in [2.24, 2.45) is 23.5 Å². The van der Waals surface area contributed by atoms with Crippen molar-refractivity contribution in [3.05, 3.63) is 34.0 Å². The Labute approximate surface area is 142 Å². The van der Waals surface area contributed by atoms with Crippen LogP contribution in [-0.2, 0) is 4.79 Å². The Kier molecular flexibility index (Phi) is 3.45. The van der Waals surface area contributed by atoms with E-state index in [1.807, 2.05) is 0 Å². The van der Waals surface area contributed by atoms with Gasteiger partial charge in [0.2, 0.25) is 5.91 Å². The van der Waals surface area contributed by atoms with Crippen LogP contribution in [0.5, 0.6) is 0 Å². The van der Waals surface area contributed by atoms with Crippen LogP contribution in [0.2, 0.25) is 0 Å². The lowest BCUT2D eigenvalue weighted by Gasteiger charge is -2.29. The van der Waals surface area contributed by atoms with Gasteiger partial charge >= 0.3 is 0 Å². The first-order chi connectivity index (χ1) is 12.0. The van der Waals surface area contributed by atoms with Gasteiger partial charge in [-0.05, 0) is 37.2 Å². The summed E-state index contributed by atoms with van der Waals surface area (Å²) in [6.45, 7) is 0. The zero-order valence-corrected chi connectivity index (χ0v) is 13.3. The van der Waals surface area contributed by atoms with Gasteiger partial charge in [-0.2, -0.15) is 5.10 Å². The van der Waals surface area contributed by atoms with Gasteiger partial charge in [-0.3, -0.25) is 24.8 Å². The second-order valence-corrected chi connectivity index (χ2v) is 6.82. The van der Waals surface area contributed by atoms with Crippen molar-refractivity contribution in [1.29, 1.82) is 0 Å². The summed E-state index contributed by atoms with van der Waals surface area (Å²) in [7, 11) is 0. The smallest absolute Gasteiger partial charge is 0.272 e. The summed E-state index contributed by atoms with van der Waals surface area (Å²) in [5.41, 5.74) is 6.04. The predicted octanol–water partition coefficient (Wildman–Crippen LogP) is 1.10. The van der Waals surface area contributed by atoms with Crippen molar-refractivity contribution in [2.45, 2.75) is 25.3 Å². The molecule has 0 saturated heterocycles. The molecular formula is C16H17N5O4. The van der Waals surface area contributed by atoms with Gasteiger partial charge in [0.05, 0.1) is 16.4 Å². The Morgan fingerprint density at radius 1 is 1.32 bits per heavy atom. The van der Waals surface area contributed by atoms with E-state index in [1.54, 1.807) is 0 Å².